The van der Waals surface area contributed by atoms with Gasteiger partial charge >= 0.3 is 19.5 Å². The van der Waals surface area contributed by atoms with E-state index in [1.54, 1.807) is 10.8 Å². The molecule has 4 aromatic rings. The molecule has 0 aliphatic rings. The van der Waals surface area contributed by atoms with Crippen LogP contribution in [0.5, 0.6) is 0 Å². The Bertz CT molecular complexity index is 1140. The molecule has 0 atom stereocenters. The first kappa shape index (κ1) is 26.4. The van der Waals surface area contributed by atoms with Gasteiger partial charge in [-0.1, -0.05) is 12.1 Å². The van der Waals surface area contributed by atoms with Gasteiger partial charge in [-0.05, 0) is 22.9 Å². The first-order chi connectivity index (χ1) is 15.3. The fourth-order valence-corrected chi connectivity index (χ4v) is 4.97. The molecular formula is C18H10N4O6S4Zn. The van der Waals surface area contributed by atoms with E-state index < -0.39 is 23.8 Å². The Hall–Kier alpha value is -2.84. The summed E-state index contributed by atoms with van der Waals surface area (Å²) in [5, 5.41) is 32.5. The van der Waals surface area contributed by atoms with E-state index in [-0.39, 0.29) is 29.7 Å². The van der Waals surface area contributed by atoms with Crippen LogP contribution in [0.4, 0.5) is 10.3 Å². The maximum atomic E-state index is 10.8. The molecule has 0 saturated heterocycles. The van der Waals surface area contributed by atoms with Crippen molar-refractivity contribution in [2.24, 2.45) is 0 Å². The van der Waals surface area contributed by atoms with Gasteiger partial charge < -0.3 is 19.8 Å². The van der Waals surface area contributed by atoms with Gasteiger partial charge in [0.25, 0.3) is 11.8 Å². The average molecular weight is 572 g/mol. The molecule has 2 amide bonds. The van der Waals surface area contributed by atoms with E-state index in [1.165, 1.54) is 45.3 Å². The van der Waals surface area contributed by atoms with E-state index in [2.05, 4.69) is 20.6 Å². The molecule has 164 valence electrons. The van der Waals surface area contributed by atoms with Crippen LogP contribution in [0.2, 0.25) is 0 Å². The second-order valence-corrected chi connectivity index (χ2v) is 9.13. The Morgan fingerprint density at radius 1 is 0.697 bits per heavy atom. The number of nitrogens with zero attached hydrogens (tertiary/aromatic N) is 2. The Kier molecular flexibility index (Phi) is 9.94. The summed E-state index contributed by atoms with van der Waals surface area (Å²) < 4.78 is 0. The second kappa shape index (κ2) is 12.4. The molecule has 0 aliphatic carbocycles. The van der Waals surface area contributed by atoms with E-state index in [1.807, 2.05) is 35.0 Å². The number of thiazole rings is 2. The van der Waals surface area contributed by atoms with Crippen LogP contribution in [0.25, 0.3) is 21.1 Å². The molecule has 0 radical (unpaired) electrons. The number of amides is 2. The number of rotatable bonds is 4. The smallest absolute Gasteiger partial charge is 0.540 e. The zero-order valence-electron chi connectivity index (χ0n) is 16.3. The van der Waals surface area contributed by atoms with Crippen LogP contribution in [0.15, 0.2) is 45.8 Å². The molecule has 0 aromatic carbocycles. The van der Waals surface area contributed by atoms with Crippen LogP contribution in [-0.2, 0) is 38.7 Å². The summed E-state index contributed by atoms with van der Waals surface area (Å²) in [7, 11) is 0. The SMILES string of the molecule is O=C([O-])C(=O)Nc1nc(-c2cccs2)cs1.O=C([O-])C(=O)Nc1nc(-c2cccs2)cs1.[Zn+2]. The maximum absolute atomic E-state index is 10.8. The molecular weight excluding hydrogens is 562 g/mol. The normalized spacial score (nSPS) is 9.70. The van der Waals surface area contributed by atoms with E-state index in [4.69, 9.17) is 0 Å². The van der Waals surface area contributed by atoms with Crippen molar-refractivity contribution in [2.75, 3.05) is 10.6 Å². The second-order valence-electron chi connectivity index (χ2n) is 5.51. The Labute approximate surface area is 214 Å². The Morgan fingerprint density at radius 2 is 1.09 bits per heavy atom. The fraction of sp³-hybridized carbons (Fsp3) is 0. The minimum Gasteiger partial charge on any atom is -0.540 e. The molecule has 2 N–H and O–H groups in total. The third kappa shape index (κ3) is 7.61. The minimum absolute atomic E-state index is 0. The zero-order chi connectivity index (χ0) is 23.1. The van der Waals surface area contributed by atoms with Crippen LogP contribution in [0.1, 0.15) is 0 Å². The number of thiophene rings is 2. The third-order valence-corrected chi connectivity index (χ3v) is 6.67. The molecule has 0 spiro atoms. The molecule has 10 nitrogen and oxygen atoms in total. The fourth-order valence-electron chi connectivity index (χ4n) is 2.03. The van der Waals surface area contributed by atoms with Crippen molar-refractivity contribution in [1.29, 1.82) is 0 Å². The van der Waals surface area contributed by atoms with Crippen LogP contribution < -0.4 is 20.8 Å². The number of carbonyl (C=O) groups excluding carboxylic acids is 4. The van der Waals surface area contributed by atoms with E-state index in [0.29, 0.717) is 11.4 Å². The number of hydrogen-bond acceptors (Lipinski definition) is 12. The third-order valence-electron chi connectivity index (χ3n) is 3.37. The summed E-state index contributed by atoms with van der Waals surface area (Å²) >= 11 is 5.37. The van der Waals surface area contributed by atoms with Crippen LogP contribution >= 0.6 is 45.3 Å². The number of nitrogens with one attached hydrogen (secondary N) is 2. The Morgan fingerprint density at radius 3 is 1.39 bits per heavy atom. The quantitative estimate of drug-likeness (QED) is 0.272. The summed E-state index contributed by atoms with van der Waals surface area (Å²) in [6, 6.07) is 7.56. The van der Waals surface area contributed by atoms with E-state index in [9.17, 15) is 29.4 Å². The van der Waals surface area contributed by atoms with Crippen molar-refractivity contribution in [3.05, 3.63) is 45.8 Å². The number of carboxylic acids is 2. The summed E-state index contributed by atoms with van der Waals surface area (Å²) in [5.41, 5.74) is 1.43. The summed E-state index contributed by atoms with van der Waals surface area (Å²) in [6.07, 6.45) is 0. The number of hydrogen-bond donors (Lipinski definition) is 2. The standard InChI is InChI=1S/2C9H6N2O3S2.Zn/c2*12-7(8(13)14)11-9-10-5(4-16-9)6-2-1-3-15-6;/h2*1-4H,(H,13,14)(H,10,11,12);/q;;+2/p-2. The molecule has 4 aromatic heterocycles. The molecule has 0 bridgehead atoms. The van der Waals surface area contributed by atoms with Crippen molar-refractivity contribution in [2.45, 2.75) is 0 Å². The summed E-state index contributed by atoms with van der Waals surface area (Å²) in [5.74, 6) is -5.92. The molecule has 33 heavy (non-hydrogen) atoms. The van der Waals surface area contributed by atoms with Gasteiger partial charge in [0, 0.05) is 10.8 Å². The molecule has 0 saturated carbocycles. The van der Waals surface area contributed by atoms with Gasteiger partial charge in [-0.25, -0.2) is 9.97 Å². The predicted molar refractivity (Wildman–Crippen MR) is 118 cm³/mol. The van der Waals surface area contributed by atoms with Gasteiger partial charge in [0.1, 0.15) is 11.9 Å². The van der Waals surface area contributed by atoms with Crippen LogP contribution in [0, 0.1) is 0 Å². The first-order valence-electron chi connectivity index (χ1n) is 8.37. The van der Waals surface area contributed by atoms with Gasteiger partial charge in [0.15, 0.2) is 10.3 Å². The molecule has 4 heterocycles. The number of carbonyl (C=O) groups is 4. The number of aromatic nitrogens is 2. The van der Waals surface area contributed by atoms with Crippen molar-refractivity contribution in [1.82, 2.24) is 9.97 Å². The van der Waals surface area contributed by atoms with Gasteiger partial charge in [0.05, 0.1) is 21.1 Å². The largest absolute Gasteiger partial charge is 2.00 e. The predicted octanol–water partition coefficient (Wildman–Crippen LogP) is 1.12. The van der Waals surface area contributed by atoms with Gasteiger partial charge in [-0.2, -0.15) is 0 Å². The zero-order valence-corrected chi connectivity index (χ0v) is 22.5. The van der Waals surface area contributed by atoms with Crippen LogP contribution in [0.3, 0.4) is 0 Å². The minimum atomic E-state index is -1.77. The van der Waals surface area contributed by atoms with Gasteiger partial charge in [-0.15, -0.1) is 45.3 Å². The summed E-state index contributed by atoms with van der Waals surface area (Å²) in [4.78, 5) is 52.1. The van der Waals surface area contributed by atoms with Crippen LogP contribution in [-0.4, -0.2) is 33.7 Å². The molecule has 15 heteroatoms. The topological polar surface area (TPSA) is 164 Å². The van der Waals surface area contributed by atoms with Gasteiger partial charge in [-0.3, -0.25) is 20.2 Å². The first-order valence-corrected chi connectivity index (χ1v) is 11.9. The maximum Gasteiger partial charge on any atom is 2.00 e. The van der Waals surface area contributed by atoms with Crippen molar-refractivity contribution in [3.63, 3.8) is 0 Å². The van der Waals surface area contributed by atoms with E-state index in [0.717, 1.165) is 9.75 Å². The van der Waals surface area contributed by atoms with Gasteiger partial charge in [0.2, 0.25) is 0 Å². The monoisotopic (exact) mass is 570 g/mol. The van der Waals surface area contributed by atoms with Crippen molar-refractivity contribution < 1.29 is 48.9 Å². The van der Waals surface area contributed by atoms with E-state index >= 15 is 0 Å². The molecule has 0 unspecified atom stereocenters. The molecule has 0 fully saturated rings. The number of carboxylic acid groups (broad SMARTS) is 2. The Balaban J connectivity index is 0.000000227. The number of aliphatic carboxylic acids is 2. The van der Waals surface area contributed by atoms with Crippen molar-refractivity contribution in [3.8, 4) is 21.1 Å². The average Bonchev–Trinajstić information content (AvgIpc) is 3.55. The summed E-state index contributed by atoms with van der Waals surface area (Å²) in [6.45, 7) is 0. The molecule has 0 aliphatic heterocycles. The number of anilines is 2. The van der Waals surface area contributed by atoms with Crippen molar-refractivity contribution >= 4 is 79.4 Å². The molecule has 4 rings (SSSR count).